The second-order valence-electron chi connectivity index (χ2n) is 4.59. The lowest BCUT2D eigenvalue weighted by Gasteiger charge is -2.03. The minimum atomic E-state index is -0.367. The van der Waals surface area contributed by atoms with Crippen LogP contribution in [0.15, 0.2) is 65.8 Å². The Labute approximate surface area is 129 Å². The molecule has 22 heavy (non-hydrogen) atoms. The number of rotatable bonds is 6. The predicted molar refractivity (Wildman–Crippen MR) is 85.6 cm³/mol. The summed E-state index contributed by atoms with van der Waals surface area (Å²) in [6, 6.07) is 18.5. The fourth-order valence-electron chi connectivity index (χ4n) is 1.77. The molecule has 0 aliphatic carbocycles. The number of hydrazone groups is 1. The molecule has 5 heteroatoms. The lowest BCUT2D eigenvalue weighted by atomic mass is 10.2. The maximum absolute atomic E-state index is 11.7. The summed E-state index contributed by atoms with van der Waals surface area (Å²) >= 11 is 0. The van der Waals surface area contributed by atoms with Gasteiger partial charge >= 0.3 is 0 Å². The highest BCUT2D eigenvalue weighted by Crippen LogP contribution is 1.98. The van der Waals surface area contributed by atoms with Crippen molar-refractivity contribution in [3.63, 3.8) is 0 Å². The van der Waals surface area contributed by atoms with Gasteiger partial charge in [0.15, 0.2) is 0 Å². The Hall–Kier alpha value is -2.95. The number of benzene rings is 2. The number of amides is 2. The molecule has 0 atom stereocenters. The maximum Gasteiger partial charge on any atom is 0.259 e. The summed E-state index contributed by atoms with van der Waals surface area (Å²) in [7, 11) is 0. The van der Waals surface area contributed by atoms with E-state index in [4.69, 9.17) is 0 Å². The van der Waals surface area contributed by atoms with E-state index in [0.29, 0.717) is 12.0 Å². The predicted octanol–water partition coefficient (Wildman–Crippen LogP) is 1.76. The summed E-state index contributed by atoms with van der Waals surface area (Å²) in [6.45, 7) is -0.115. The summed E-state index contributed by atoms with van der Waals surface area (Å²) in [6.07, 6.45) is 2.25. The first kappa shape index (κ1) is 15.4. The van der Waals surface area contributed by atoms with Crippen LogP contribution in [0.2, 0.25) is 0 Å². The molecule has 0 saturated heterocycles. The van der Waals surface area contributed by atoms with Crippen LogP contribution in [-0.4, -0.2) is 24.6 Å². The third kappa shape index (κ3) is 5.20. The molecular formula is C17H17N3O2. The Kier molecular flexibility index (Phi) is 5.87. The van der Waals surface area contributed by atoms with Gasteiger partial charge in [-0.05, 0) is 17.7 Å². The number of carbonyl (C=O) groups excluding carboxylic acids is 2. The van der Waals surface area contributed by atoms with Crippen molar-refractivity contribution in [3.8, 4) is 0 Å². The van der Waals surface area contributed by atoms with Gasteiger partial charge in [-0.15, -0.1) is 0 Å². The van der Waals surface area contributed by atoms with Crippen LogP contribution in [0.25, 0.3) is 0 Å². The molecule has 2 N–H and O–H groups in total. The number of carbonyl (C=O) groups is 2. The minimum Gasteiger partial charge on any atom is -0.343 e. The third-order valence-corrected chi connectivity index (χ3v) is 2.90. The van der Waals surface area contributed by atoms with Gasteiger partial charge in [0, 0.05) is 18.2 Å². The first-order chi connectivity index (χ1) is 10.8. The van der Waals surface area contributed by atoms with Crippen molar-refractivity contribution in [1.82, 2.24) is 10.7 Å². The van der Waals surface area contributed by atoms with Crippen LogP contribution in [0.5, 0.6) is 0 Å². The van der Waals surface area contributed by atoms with Crippen LogP contribution >= 0.6 is 0 Å². The number of nitrogens with zero attached hydrogens (tertiary/aromatic N) is 1. The zero-order chi connectivity index (χ0) is 15.6. The van der Waals surface area contributed by atoms with Crippen LogP contribution in [0, 0.1) is 0 Å². The molecule has 0 aliphatic heterocycles. The molecule has 0 heterocycles. The highest BCUT2D eigenvalue weighted by atomic mass is 16.2. The van der Waals surface area contributed by atoms with Gasteiger partial charge < -0.3 is 5.32 Å². The quantitative estimate of drug-likeness (QED) is 0.630. The van der Waals surface area contributed by atoms with Crippen LogP contribution in [0.4, 0.5) is 0 Å². The van der Waals surface area contributed by atoms with E-state index in [1.807, 2.05) is 36.4 Å². The highest BCUT2D eigenvalue weighted by Gasteiger charge is 2.06. The van der Waals surface area contributed by atoms with Gasteiger partial charge in [0.2, 0.25) is 0 Å². The smallest absolute Gasteiger partial charge is 0.259 e. The average molecular weight is 295 g/mol. The molecule has 2 aromatic rings. The molecule has 2 aromatic carbocycles. The van der Waals surface area contributed by atoms with E-state index >= 15 is 0 Å². The SMILES string of the molecule is O=C(CNC(=O)c1ccccc1)N/N=C\Cc1ccccc1. The Morgan fingerprint density at radius 3 is 2.27 bits per heavy atom. The highest BCUT2D eigenvalue weighted by molar-refractivity contribution is 5.96. The molecule has 0 aliphatic rings. The number of nitrogens with one attached hydrogen (secondary N) is 2. The summed E-state index contributed by atoms with van der Waals surface area (Å²) in [5.41, 5.74) is 4.00. The van der Waals surface area contributed by atoms with Gasteiger partial charge in [0.1, 0.15) is 0 Å². The topological polar surface area (TPSA) is 70.6 Å². The molecule has 0 fully saturated rings. The van der Waals surface area contributed by atoms with Crippen molar-refractivity contribution in [2.75, 3.05) is 6.54 Å². The Morgan fingerprint density at radius 1 is 0.955 bits per heavy atom. The van der Waals surface area contributed by atoms with Crippen LogP contribution in [-0.2, 0) is 11.2 Å². The number of hydrogen-bond acceptors (Lipinski definition) is 3. The van der Waals surface area contributed by atoms with E-state index in [1.54, 1.807) is 30.5 Å². The van der Waals surface area contributed by atoms with Crippen LogP contribution in [0.3, 0.4) is 0 Å². The van der Waals surface area contributed by atoms with E-state index in [1.165, 1.54) is 0 Å². The Balaban J connectivity index is 1.69. The van der Waals surface area contributed by atoms with Gasteiger partial charge in [-0.3, -0.25) is 9.59 Å². The average Bonchev–Trinajstić information content (AvgIpc) is 2.58. The summed E-state index contributed by atoms with van der Waals surface area (Å²) in [5, 5.41) is 6.37. The van der Waals surface area contributed by atoms with Crippen molar-refractivity contribution >= 4 is 18.0 Å². The van der Waals surface area contributed by atoms with Gasteiger partial charge in [-0.1, -0.05) is 48.5 Å². The zero-order valence-corrected chi connectivity index (χ0v) is 12.0. The molecule has 0 radical (unpaired) electrons. The lowest BCUT2D eigenvalue weighted by molar-refractivity contribution is -0.120. The largest absolute Gasteiger partial charge is 0.343 e. The van der Waals surface area contributed by atoms with E-state index < -0.39 is 0 Å². The molecular weight excluding hydrogens is 278 g/mol. The van der Waals surface area contributed by atoms with Crippen molar-refractivity contribution in [1.29, 1.82) is 0 Å². The maximum atomic E-state index is 11.7. The monoisotopic (exact) mass is 295 g/mol. The van der Waals surface area contributed by atoms with E-state index in [0.717, 1.165) is 5.56 Å². The van der Waals surface area contributed by atoms with Crippen molar-refractivity contribution in [2.24, 2.45) is 5.10 Å². The normalized spacial score (nSPS) is 10.4. The second-order valence-corrected chi connectivity index (χ2v) is 4.59. The molecule has 2 amide bonds. The molecule has 0 spiro atoms. The zero-order valence-electron chi connectivity index (χ0n) is 12.0. The molecule has 112 valence electrons. The first-order valence-corrected chi connectivity index (χ1v) is 6.93. The first-order valence-electron chi connectivity index (χ1n) is 6.93. The van der Waals surface area contributed by atoms with Crippen molar-refractivity contribution in [3.05, 3.63) is 71.8 Å². The fraction of sp³-hybridized carbons (Fsp3) is 0.118. The fourth-order valence-corrected chi connectivity index (χ4v) is 1.77. The van der Waals surface area contributed by atoms with E-state index in [2.05, 4.69) is 15.8 Å². The van der Waals surface area contributed by atoms with Crippen LogP contribution < -0.4 is 10.7 Å². The minimum absolute atomic E-state index is 0.115. The van der Waals surface area contributed by atoms with Gasteiger partial charge in [-0.2, -0.15) is 5.10 Å². The third-order valence-electron chi connectivity index (χ3n) is 2.90. The van der Waals surface area contributed by atoms with Crippen LogP contribution in [0.1, 0.15) is 15.9 Å². The summed E-state index contributed by atoms with van der Waals surface area (Å²) in [4.78, 5) is 23.3. The molecule has 0 saturated carbocycles. The molecule has 0 aromatic heterocycles. The molecule has 0 unspecified atom stereocenters. The standard InChI is InChI=1S/C17H17N3O2/c21-16(13-18-17(22)15-9-5-2-6-10-15)20-19-12-11-14-7-3-1-4-8-14/h1-10,12H,11,13H2,(H,18,22)(H,20,21)/b19-12-. The molecule has 0 bridgehead atoms. The van der Waals surface area contributed by atoms with E-state index in [-0.39, 0.29) is 18.4 Å². The summed E-state index contributed by atoms with van der Waals surface area (Å²) in [5.74, 6) is -0.655. The van der Waals surface area contributed by atoms with Gasteiger partial charge in [0.05, 0.1) is 6.54 Å². The van der Waals surface area contributed by atoms with Crippen molar-refractivity contribution in [2.45, 2.75) is 6.42 Å². The second kappa shape index (κ2) is 8.36. The molecule has 2 rings (SSSR count). The Morgan fingerprint density at radius 2 is 1.59 bits per heavy atom. The number of hydrogen-bond donors (Lipinski definition) is 2. The summed E-state index contributed by atoms with van der Waals surface area (Å²) < 4.78 is 0. The van der Waals surface area contributed by atoms with E-state index in [9.17, 15) is 9.59 Å². The van der Waals surface area contributed by atoms with Crippen molar-refractivity contribution < 1.29 is 9.59 Å². The van der Waals surface area contributed by atoms with Gasteiger partial charge in [-0.25, -0.2) is 5.43 Å². The van der Waals surface area contributed by atoms with Gasteiger partial charge in [0.25, 0.3) is 11.8 Å². The lowest BCUT2D eigenvalue weighted by Crippen LogP contribution is -2.34. The molecule has 5 nitrogen and oxygen atoms in total. The Bertz CT molecular complexity index is 639.